The monoisotopic (exact) mass is 224 g/mol. The molecule has 1 fully saturated rings. The molecule has 0 bridgehead atoms. The van der Waals surface area contributed by atoms with Crippen LogP contribution in [0.1, 0.15) is 19.3 Å². The van der Waals surface area contributed by atoms with Crippen LogP contribution in [0.3, 0.4) is 0 Å². The number of nitrogen functional groups attached to an aromatic ring is 1. The first-order valence-electron chi connectivity index (χ1n) is 5.84. The molecule has 6 heteroatoms. The van der Waals surface area contributed by atoms with Gasteiger partial charge in [-0.05, 0) is 45.3 Å². The van der Waals surface area contributed by atoms with Crippen molar-refractivity contribution in [2.45, 2.75) is 19.3 Å². The summed E-state index contributed by atoms with van der Waals surface area (Å²) in [5.74, 6) is 1.80. The molecule has 1 aromatic heterocycles. The average molecular weight is 224 g/mol. The Morgan fingerprint density at radius 1 is 1.50 bits per heavy atom. The van der Waals surface area contributed by atoms with E-state index in [-0.39, 0.29) is 0 Å². The maximum atomic E-state index is 5.43. The summed E-state index contributed by atoms with van der Waals surface area (Å²) in [6.45, 7) is 3.36. The lowest BCUT2D eigenvalue weighted by Gasteiger charge is -2.28. The Kier molecular flexibility index (Phi) is 3.61. The third-order valence-electron chi connectivity index (χ3n) is 3.18. The van der Waals surface area contributed by atoms with Crippen LogP contribution in [0.15, 0.2) is 0 Å². The number of aromatic nitrogens is 3. The summed E-state index contributed by atoms with van der Waals surface area (Å²) in [7, 11) is 2.19. The van der Waals surface area contributed by atoms with E-state index in [4.69, 9.17) is 5.73 Å². The van der Waals surface area contributed by atoms with Crippen LogP contribution in [0.25, 0.3) is 0 Å². The van der Waals surface area contributed by atoms with Gasteiger partial charge in [0.15, 0.2) is 0 Å². The first-order chi connectivity index (χ1) is 7.74. The van der Waals surface area contributed by atoms with E-state index < -0.39 is 0 Å². The molecule has 90 valence electrons. The Morgan fingerprint density at radius 3 is 2.88 bits per heavy atom. The molecule has 0 saturated carbocycles. The highest BCUT2D eigenvalue weighted by Crippen LogP contribution is 2.19. The number of nitrogens with zero attached hydrogens (tertiary/aromatic N) is 3. The van der Waals surface area contributed by atoms with Crippen molar-refractivity contribution >= 4 is 11.9 Å². The summed E-state index contributed by atoms with van der Waals surface area (Å²) in [6, 6.07) is 0. The SMILES string of the molecule is CN1CCC(CCNc2n[nH]c(N)n2)CC1. The number of likely N-dealkylation sites (tertiary alicyclic amines) is 1. The minimum absolute atomic E-state index is 0.363. The first-order valence-corrected chi connectivity index (χ1v) is 5.84. The summed E-state index contributed by atoms with van der Waals surface area (Å²) in [6.07, 6.45) is 3.78. The van der Waals surface area contributed by atoms with Gasteiger partial charge in [0, 0.05) is 6.54 Å². The Morgan fingerprint density at radius 2 is 2.25 bits per heavy atom. The first kappa shape index (κ1) is 11.2. The third-order valence-corrected chi connectivity index (χ3v) is 3.18. The van der Waals surface area contributed by atoms with E-state index in [0.717, 1.165) is 12.5 Å². The molecule has 1 aliphatic heterocycles. The van der Waals surface area contributed by atoms with E-state index in [1.807, 2.05) is 0 Å². The summed E-state index contributed by atoms with van der Waals surface area (Å²) in [4.78, 5) is 6.39. The topological polar surface area (TPSA) is 82.9 Å². The maximum absolute atomic E-state index is 5.43. The van der Waals surface area contributed by atoms with E-state index in [1.165, 1.54) is 32.4 Å². The molecule has 2 heterocycles. The van der Waals surface area contributed by atoms with E-state index >= 15 is 0 Å². The smallest absolute Gasteiger partial charge is 0.243 e. The van der Waals surface area contributed by atoms with Gasteiger partial charge < -0.3 is 16.0 Å². The van der Waals surface area contributed by atoms with Gasteiger partial charge in [0.1, 0.15) is 0 Å². The van der Waals surface area contributed by atoms with Gasteiger partial charge in [0.2, 0.25) is 11.9 Å². The Labute approximate surface area is 95.6 Å². The number of nitrogens with one attached hydrogen (secondary N) is 2. The van der Waals surface area contributed by atoms with Crippen molar-refractivity contribution in [2.75, 3.05) is 37.7 Å². The molecule has 0 amide bonds. The van der Waals surface area contributed by atoms with Crippen LogP contribution in [0.5, 0.6) is 0 Å². The van der Waals surface area contributed by atoms with Gasteiger partial charge in [-0.1, -0.05) is 0 Å². The lowest BCUT2D eigenvalue weighted by molar-refractivity contribution is 0.215. The fraction of sp³-hybridized carbons (Fsp3) is 0.800. The molecule has 1 saturated heterocycles. The highest BCUT2D eigenvalue weighted by Gasteiger charge is 2.16. The van der Waals surface area contributed by atoms with E-state index in [0.29, 0.717) is 11.9 Å². The van der Waals surface area contributed by atoms with Gasteiger partial charge in [-0.15, -0.1) is 5.10 Å². The van der Waals surface area contributed by atoms with Gasteiger partial charge in [0.05, 0.1) is 0 Å². The number of H-pyrrole nitrogens is 1. The third kappa shape index (κ3) is 3.10. The molecule has 0 aliphatic carbocycles. The zero-order valence-electron chi connectivity index (χ0n) is 9.74. The van der Waals surface area contributed by atoms with Gasteiger partial charge >= 0.3 is 0 Å². The molecule has 0 radical (unpaired) electrons. The number of hydrogen-bond donors (Lipinski definition) is 3. The molecule has 16 heavy (non-hydrogen) atoms. The van der Waals surface area contributed by atoms with Crippen LogP contribution in [0.2, 0.25) is 0 Å². The molecule has 6 nitrogen and oxygen atoms in total. The summed E-state index contributed by atoms with van der Waals surface area (Å²) < 4.78 is 0. The van der Waals surface area contributed by atoms with Crippen molar-refractivity contribution in [1.82, 2.24) is 20.1 Å². The van der Waals surface area contributed by atoms with Crippen LogP contribution in [0.4, 0.5) is 11.9 Å². The van der Waals surface area contributed by atoms with Crippen molar-refractivity contribution in [3.05, 3.63) is 0 Å². The van der Waals surface area contributed by atoms with Gasteiger partial charge in [-0.2, -0.15) is 4.98 Å². The van der Waals surface area contributed by atoms with Crippen molar-refractivity contribution in [2.24, 2.45) is 5.92 Å². The van der Waals surface area contributed by atoms with E-state index in [1.54, 1.807) is 0 Å². The van der Waals surface area contributed by atoms with Crippen molar-refractivity contribution < 1.29 is 0 Å². The minimum atomic E-state index is 0.363. The van der Waals surface area contributed by atoms with Crippen LogP contribution in [0, 0.1) is 5.92 Å². The zero-order chi connectivity index (χ0) is 11.4. The van der Waals surface area contributed by atoms with Crippen molar-refractivity contribution in [1.29, 1.82) is 0 Å². The summed E-state index contributed by atoms with van der Waals surface area (Å²) in [5.41, 5.74) is 5.43. The van der Waals surface area contributed by atoms with Crippen LogP contribution < -0.4 is 11.1 Å². The summed E-state index contributed by atoms with van der Waals surface area (Å²) in [5, 5.41) is 9.72. The maximum Gasteiger partial charge on any atom is 0.243 e. The Bertz CT molecular complexity index is 315. The molecule has 0 atom stereocenters. The largest absolute Gasteiger partial charge is 0.368 e. The molecule has 1 aliphatic rings. The quantitative estimate of drug-likeness (QED) is 0.695. The van der Waals surface area contributed by atoms with Crippen LogP contribution >= 0.6 is 0 Å². The fourth-order valence-electron chi connectivity index (χ4n) is 2.09. The molecule has 1 aromatic rings. The second-order valence-corrected chi connectivity index (χ2v) is 4.51. The van der Waals surface area contributed by atoms with E-state index in [2.05, 4.69) is 32.4 Å². The second kappa shape index (κ2) is 5.16. The van der Waals surface area contributed by atoms with Crippen LogP contribution in [-0.2, 0) is 0 Å². The number of hydrogen-bond acceptors (Lipinski definition) is 5. The number of anilines is 2. The number of rotatable bonds is 4. The fourth-order valence-corrected chi connectivity index (χ4v) is 2.09. The van der Waals surface area contributed by atoms with Gasteiger partial charge in [0.25, 0.3) is 0 Å². The molecule has 0 unspecified atom stereocenters. The van der Waals surface area contributed by atoms with Crippen LogP contribution in [-0.4, -0.2) is 46.8 Å². The molecule has 2 rings (SSSR count). The number of nitrogens with two attached hydrogens (primary N) is 1. The standard InChI is InChI=1S/C10H20N6/c1-16-6-3-8(4-7-16)2-5-12-10-13-9(11)14-15-10/h8H,2-7H2,1H3,(H4,11,12,13,14,15). The molecule has 4 N–H and O–H groups in total. The average Bonchev–Trinajstić information content (AvgIpc) is 2.67. The highest BCUT2D eigenvalue weighted by molar-refractivity contribution is 5.29. The van der Waals surface area contributed by atoms with Crippen molar-refractivity contribution in [3.8, 4) is 0 Å². The second-order valence-electron chi connectivity index (χ2n) is 4.51. The lowest BCUT2D eigenvalue weighted by atomic mass is 9.94. The van der Waals surface area contributed by atoms with Gasteiger partial charge in [-0.25, -0.2) is 5.10 Å². The highest BCUT2D eigenvalue weighted by atomic mass is 15.3. The predicted octanol–water partition coefficient (Wildman–Crippen LogP) is 0.531. The predicted molar refractivity (Wildman–Crippen MR) is 64.1 cm³/mol. The summed E-state index contributed by atoms with van der Waals surface area (Å²) >= 11 is 0. The van der Waals surface area contributed by atoms with Crippen molar-refractivity contribution in [3.63, 3.8) is 0 Å². The van der Waals surface area contributed by atoms with Gasteiger partial charge in [-0.3, -0.25) is 0 Å². The molecule has 0 spiro atoms. The Hall–Kier alpha value is -1.30. The molecular formula is C10H20N6. The molecular weight excluding hydrogens is 204 g/mol. The normalized spacial score (nSPS) is 18.8. The lowest BCUT2D eigenvalue weighted by Crippen LogP contribution is -2.30. The zero-order valence-corrected chi connectivity index (χ0v) is 9.74. The number of piperidine rings is 1. The van der Waals surface area contributed by atoms with E-state index in [9.17, 15) is 0 Å². The Balaban J connectivity index is 1.64. The molecule has 0 aromatic carbocycles. The number of aromatic amines is 1. The minimum Gasteiger partial charge on any atom is -0.368 e.